The van der Waals surface area contributed by atoms with Gasteiger partial charge in [-0.1, -0.05) is 35.0 Å². The Morgan fingerprint density at radius 3 is 2.44 bits per heavy atom. The number of amides is 1. The molecule has 0 radical (unpaired) electrons. The van der Waals surface area contributed by atoms with Crippen LogP contribution in [-0.2, 0) is 6.42 Å². The molecule has 7 heteroatoms. The smallest absolute Gasteiger partial charge is 0.257 e. The van der Waals surface area contributed by atoms with E-state index in [9.17, 15) is 4.79 Å². The summed E-state index contributed by atoms with van der Waals surface area (Å²) in [4.78, 5) is 18.4. The lowest BCUT2D eigenvalue weighted by atomic mass is 10.1. The summed E-state index contributed by atoms with van der Waals surface area (Å²) >= 11 is 4.93. The van der Waals surface area contributed by atoms with E-state index in [0.29, 0.717) is 22.2 Å². The van der Waals surface area contributed by atoms with Gasteiger partial charge in [0.25, 0.3) is 5.91 Å². The van der Waals surface area contributed by atoms with Gasteiger partial charge < -0.3 is 9.47 Å². The van der Waals surface area contributed by atoms with Crippen LogP contribution in [0.5, 0.6) is 11.5 Å². The van der Waals surface area contributed by atoms with Crippen LogP contribution in [0.2, 0.25) is 0 Å². The quantitative estimate of drug-likeness (QED) is 0.550. The van der Waals surface area contributed by atoms with Gasteiger partial charge in [0.05, 0.1) is 19.9 Å². The van der Waals surface area contributed by atoms with Crippen LogP contribution in [-0.4, -0.2) is 25.1 Å². The van der Waals surface area contributed by atoms with Gasteiger partial charge in [-0.2, -0.15) is 0 Å². The molecule has 140 valence electrons. The summed E-state index contributed by atoms with van der Waals surface area (Å²) in [6.07, 6.45) is 0.843. The number of nitrogens with zero attached hydrogens (tertiary/aromatic N) is 1. The Morgan fingerprint density at radius 2 is 1.81 bits per heavy atom. The standard InChI is InChI=1S/C20H19BrN2O3S/c1-4-17-18(12-5-8-14(21)9-6-12)22-20(27-17)23-19(24)13-7-10-15(25-2)16(11-13)26-3/h5-11H,4H2,1-3H3,(H,22,23,24). The molecule has 3 rings (SSSR count). The number of aromatic nitrogens is 1. The van der Waals surface area contributed by atoms with Crippen molar-refractivity contribution in [3.05, 3.63) is 57.4 Å². The van der Waals surface area contributed by atoms with E-state index in [1.165, 1.54) is 11.3 Å². The summed E-state index contributed by atoms with van der Waals surface area (Å²) in [5.74, 6) is 0.845. The van der Waals surface area contributed by atoms with Gasteiger partial charge in [-0.15, -0.1) is 11.3 Å². The number of aryl methyl sites for hydroxylation is 1. The summed E-state index contributed by atoms with van der Waals surface area (Å²) < 4.78 is 11.5. The Kier molecular flexibility index (Phi) is 6.13. The molecule has 0 saturated heterocycles. The van der Waals surface area contributed by atoms with Crippen molar-refractivity contribution in [3.8, 4) is 22.8 Å². The minimum absolute atomic E-state index is 0.241. The first-order valence-corrected chi connectivity index (χ1v) is 9.95. The highest BCUT2D eigenvalue weighted by molar-refractivity contribution is 9.10. The number of carbonyl (C=O) groups excluding carboxylic acids is 1. The van der Waals surface area contributed by atoms with Gasteiger partial charge >= 0.3 is 0 Å². The van der Waals surface area contributed by atoms with Gasteiger partial charge in [0.15, 0.2) is 16.6 Å². The van der Waals surface area contributed by atoms with Crippen LogP contribution in [0.1, 0.15) is 22.2 Å². The van der Waals surface area contributed by atoms with Crippen molar-refractivity contribution in [1.82, 2.24) is 4.98 Å². The van der Waals surface area contributed by atoms with Gasteiger partial charge in [0, 0.05) is 20.5 Å². The highest BCUT2D eigenvalue weighted by atomic mass is 79.9. The third-order valence-electron chi connectivity index (χ3n) is 4.00. The molecule has 0 spiro atoms. The van der Waals surface area contributed by atoms with Crippen LogP contribution >= 0.6 is 27.3 Å². The fraction of sp³-hybridized carbons (Fsp3) is 0.200. The molecule has 5 nitrogen and oxygen atoms in total. The van der Waals surface area contributed by atoms with Crippen LogP contribution in [0.25, 0.3) is 11.3 Å². The van der Waals surface area contributed by atoms with E-state index in [2.05, 4.69) is 33.2 Å². The lowest BCUT2D eigenvalue weighted by Crippen LogP contribution is -2.11. The van der Waals surface area contributed by atoms with Gasteiger partial charge in [0.2, 0.25) is 0 Å². The fourth-order valence-corrected chi connectivity index (χ4v) is 3.81. The Morgan fingerprint density at radius 1 is 1.11 bits per heavy atom. The Bertz CT molecular complexity index is 954. The largest absolute Gasteiger partial charge is 0.493 e. The van der Waals surface area contributed by atoms with Gasteiger partial charge in [0.1, 0.15) is 0 Å². The normalized spacial score (nSPS) is 10.5. The lowest BCUT2D eigenvalue weighted by Gasteiger charge is -2.09. The first kappa shape index (κ1) is 19.4. The van der Waals surface area contributed by atoms with E-state index in [0.717, 1.165) is 27.0 Å². The van der Waals surface area contributed by atoms with Crippen molar-refractivity contribution in [1.29, 1.82) is 0 Å². The van der Waals surface area contributed by atoms with Gasteiger partial charge in [-0.25, -0.2) is 4.98 Å². The van der Waals surface area contributed by atoms with E-state index in [4.69, 9.17) is 9.47 Å². The van der Waals surface area contributed by atoms with Crippen LogP contribution in [0.3, 0.4) is 0 Å². The molecular formula is C20H19BrN2O3S. The molecule has 0 bridgehead atoms. The zero-order chi connectivity index (χ0) is 19.4. The van der Waals surface area contributed by atoms with Crippen molar-refractivity contribution < 1.29 is 14.3 Å². The van der Waals surface area contributed by atoms with Crippen molar-refractivity contribution in [2.45, 2.75) is 13.3 Å². The number of ether oxygens (including phenoxy) is 2. The molecule has 27 heavy (non-hydrogen) atoms. The zero-order valence-corrected chi connectivity index (χ0v) is 17.6. The average Bonchev–Trinajstić information content (AvgIpc) is 3.10. The fourth-order valence-electron chi connectivity index (χ4n) is 2.62. The Hall–Kier alpha value is -2.38. The highest BCUT2D eigenvalue weighted by Gasteiger charge is 2.16. The maximum atomic E-state index is 12.6. The molecule has 0 aliphatic heterocycles. The number of benzene rings is 2. The SMILES string of the molecule is CCc1sc(NC(=O)c2ccc(OC)c(OC)c2)nc1-c1ccc(Br)cc1. The molecule has 1 aromatic heterocycles. The molecule has 0 saturated carbocycles. The number of anilines is 1. The number of hydrogen-bond acceptors (Lipinski definition) is 5. The van der Waals surface area contributed by atoms with Crippen LogP contribution < -0.4 is 14.8 Å². The number of hydrogen-bond donors (Lipinski definition) is 1. The average molecular weight is 447 g/mol. The minimum Gasteiger partial charge on any atom is -0.493 e. The van der Waals surface area contributed by atoms with Crippen LogP contribution in [0, 0.1) is 0 Å². The second-order valence-electron chi connectivity index (χ2n) is 5.68. The molecule has 2 aromatic carbocycles. The second-order valence-corrected chi connectivity index (χ2v) is 7.67. The van der Waals surface area contributed by atoms with E-state index in [1.54, 1.807) is 32.4 Å². The van der Waals surface area contributed by atoms with Crippen LogP contribution in [0.4, 0.5) is 5.13 Å². The maximum Gasteiger partial charge on any atom is 0.257 e. The molecule has 1 N–H and O–H groups in total. The summed E-state index contributed by atoms with van der Waals surface area (Å²) in [5.41, 5.74) is 2.40. The lowest BCUT2D eigenvalue weighted by molar-refractivity contribution is 0.102. The number of carbonyl (C=O) groups is 1. The second kappa shape index (κ2) is 8.54. The van der Waals surface area contributed by atoms with Crippen molar-refractivity contribution in [3.63, 3.8) is 0 Å². The van der Waals surface area contributed by atoms with E-state index in [1.807, 2.05) is 24.3 Å². The Labute approximate surface area is 170 Å². The van der Waals surface area contributed by atoms with Crippen molar-refractivity contribution in [2.24, 2.45) is 0 Å². The van der Waals surface area contributed by atoms with Gasteiger partial charge in [-0.3, -0.25) is 10.1 Å². The summed E-state index contributed by atoms with van der Waals surface area (Å²) in [7, 11) is 3.10. The first-order chi connectivity index (χ1) is 13.0. The number of nitrogens with one attached hydrogen (secondary N) is 1. The molecule has 0 atom stereocenters. The van der Waals surface area contributed by atoms with Crippen molar-refractivity contribution >= 4 is 38.3 Å². The number of thiazole rings is 1. The van der Waals surface area contributed by atoms with Crippen molar-refractivity contribution in [2.75, 3.05) is 19.5 Å². The highest BCUT2D eigenvalue weighted by Crippen LogP contribution is 2.33. The molecule has 1 heterocycles. The first-order valence-electron chi connectivity index (χ1n) is 8.34. The molecule has 3 aromatic rings. The number of methoxy groups -OCH3 is 2. The van der Waals surface area contributed by atoms with Crippen LogP contribution in [0.15, 0.2) is 46.9 Å². The molecular weight excluding hydrogens is 428 g/mol. The van der Waals surface area contributed by atoms with E-state index < -0.39 is 0 Å². The molecule has 0 fully saturated rings. The van der Waals surface area contributed by atoms with Gasteiger partial charge in [-0.05, 0) is 36.8 Å². The predicted octanol–water partition coefficient (Wildman–Crippen LogP) is 5.40. The molecule has 0 aliphatic rings. The maximum absolute atomic E-state index is 12.6. The summed E-state index contributed by atoms with van der Waals surface area (Å²) in [5, 5.41) is 3.46. The third kappa shape index (κ3) is 4.31. The third-order valence-corrected chi connectivity index (χ3v) is 5.65. The molecule has 0 aliphatic carbocycles. The molecule has 1 amide bonds. The minimum atomic E-state index is -0.241. The summed E-state index contributed by atoms with van der Waals surface area (Å²) in [6.45, 7) is 2.08. The Balaban J connectivity index is 1.85. The van der Waals surface area contributed by atoms with E-state index in [-0.39, 0.29) is 5.91 Å². The zero-order valence-electron chi connectivity index (χ0n) is 15.2. The predicted molar refractivity (Wildman–Crippen MR) is 112 cm³/mol. The summed E-state index contributed by atoms with van der Waals surface area (Å²) in [6, 6.07) is 13.0. The topological polar surface area (TPSA) is 60.5 Å². The number of halogens is 1. The number of rotatable bonds is 6. The van der Waals surface area contributed by atoms with E-state index >= 15 is 0 Å². The molecule has 0 unspecified atom stereocenters. The monoisotopic (exact) mass is 446 g/mol.